The van der Waals surface area contributed by atoms with Crippen molar-refractivity contribution in [1.82, 2.24) is 9.62 Å². The maximum absolute atomic E-state index is 12.8. The molecule has 1 amide bonds. The molecule has 0 spiro atoms. The van der Waals surface area contributed by atoms with Crippen LogP contribution in [0.1, 0.15) is 48.3 Å². The number of nitrogens with one attached hydrogen (secondary N) is 1. The monoisotopic (exact) mass is 434 g/mol. The van der Waals surface area contributed by atoms with Crippen molar-refractivity contribution in [3.05, 3.63) is 53.1 Å². The van der Waals surface area contributed by atoms with Crippen LogP contribution in [0.3, 0.4) is 0 Å². The molecular formula is C22H30N2O5S. The Morgan fingerprint density at radius 1 is 1.03 bits per heavy atom. The van der Waals surface area contributed by atoms with E-state index in [1.807, 2.05) is 26.0 Å². The topological polar surface area (TPSA) is 84.9 Å². The van der Waals surface area contributed by atoms with Gasteiger partial charge in [-0.3, -0.25) is 4.79 Å². The minimum atomic E-state index is -3.68. The first-order chi connectivity index (χ1) is 14.0. The highest BCUT2D eigenvalue weighted by molar-refractivity contribution is 7.89. The molecule has 0 aliphatic rings. The number of benzene rings is 2. The summed E-state index contributed by atoms with van der Waals surface area (Å²) in [5.41, 5.74) is 2.10. The smallest absolute Gasteiger partial charge is 0.251 e. The highest BCUT2D eigenvalue weighted by atomic mass is 32.2. The molecule has 8 heteroatoms. The lowest BCUT2D eigenvalue weighted by Gasteiger charge is -2.21. The summed E-state index contributed by atoms with van der Waals surface area (Å²) >= 11 is 0. The second kappa shape index (κ2) is 9.49. The van der Waals surface area contributed by atoms with Gasteiger partial charge in [-0.2, -0.15) is 4.31 Å². The number of aryl methyl sites for hydroxylation is 1. The first-order valence-electron chi connectivity index (χ1n) is 9.64. The third-order valence-electron chi connectivity index (χ3n) is 5.09. The van der Waals surface area contributed by atoms with E-state index >= 15 is 0 Å². The number of amides is 1. The molecule has 0 bridgehead atoms. The highest BCUT2D eigenvalue weighted by Crippen LogP contribution is 2.33. The van der Waals surface area contributed by atoms with Crippen molar-refractivity contribution in [2.75, 3.05) is 21.3 Å². The molecule has 1 unspecified atom stereocenters. The van der Waals surface area contributed by atoms with E-state index in [9.17, 15) is 13.2 Å². The number of rotatable bonds is 8. The van der Waals surface area contributed by atoms with Gasteiger partial charge in [-0.25, -0.2) is 8.42 Å². The summed E-state index contributed by atoms with van der Waals surface area (Å²) in [6.45, 7) is 7.37. The predicted molar refractivity (Wildman–Crippen MR) is 117 cm³/mol. The van der Waals surface area contributed by atoms with Gasteiger partial charge in [-0.05, 0) is 69.2 Å². The third-order valence-corrected chi connectivity index (χ3v) is 7.12. The van der Waals surface area contributed by atoms with Gasteiger partial charge >= 0.3 is 0 Å². The summed E-state index contributed by atoms with van der Waals surface area (Å²) < 4.78 is 37.4. The average molecular weight is 435 g/mol. The normalized spacial score (nSPS) is 12.7. The quantitative estimate of drug-likeness (QED) is 0.687. The van der Waals surface area contributed by atoms with E-state index < -0.39 is 10.0 Å². The first kappa shape index (κ1) is 23.7. The number of hydrogen-bond donors (Lipinski definition) is 1. The maximum Gasteiger partial charge on any atom is 0.251 e. The lowest BCUT2D eigenvalue weighted by molar-refractivity contribution is 0.0939. The van der Waals surface area contributed by atoms with E-state index in [2.05, 4.69) is 5.32 Å². The largest absolute Gasteiger partial charge is 0.493 e. The van der Waals surface area contributed by atoms with Gasteiger partial charge in [0.15, 0.2) is 11.5 Å². The van der Waals surface area contributed by atoms with E-state index in [4.69, 9.17) is 9.47 Å². The summed E-state index contributed by atoms with van der Waals surface area (Å²) in [7, 11) is 0.972. The first-order valence-corrected chi connectivity index (χ1v) is 11.1. The number of carbonyl (C=O) groups excluding carboxylic acids is 1. The van der Waals surface area contributed by atoms with E-state index in [0.717, 1.165) is 11.1 Å². The Kier molecular flexibility index (Phi) is 7.49. The van der Waals surface area contributed by atoms with Crippen LogP contribution < -0.4 is 14.8 Å². The number of sulfonamides is 1. The van der Waals surface area contributed by atoms with E-state index in [1.54, 1.807) is 40.2 Å². The van der Waals surface area contributed by atoms with Gasteiger partial charge in [0.25, 0.3) is 5.91 Å². The number of hydrogen-bond acceptors (Lipinski definition) is 5. The SMILES string of the molecule is COc1cc(C)c(C(C)NC(=O)c2cccc(S(=O)(=O)N(C)C(C)C)c2)cc1OC. The molecular weight excluding hydrogens is 404 g/mol. The molecule has 0 aromatic heterocycles. The molecule has 0 saturated heterocycles. The molecule has 2 aromatic carbocycles. The second-order valence-corrected chi connectivity index (χ2v) is 9.40. The second-order valence-electron chi connectivity index (χ2n) is 7.40. The van der Waals surface area contributed by atoms with Crippen molar-refractivity contribution in [3.8, 4) is 11.5 Å². The van der Waals surface area contributed by atoms with Crippen LogP contribution in [0.15, 0.2) is 41.3 Å². The van der Waals surface area contributed by atoms with Crippen molar-refractivity contribution in [3.63, 3.8) is 0 Å². The fraction of sp³-hybridized carbons (Fsp3) is 0.409. The third kappa shape index (κ3) is 4.94. The molecule has 1 atom stereocenters. The molecule has 2 aromatic rings. The molecule has 164 valence electrons. The van der Waals surface area contributed by atoms with Crippen LogP contribution in [0.2, 0.25) is 0 Å². The van der Waals surface area contributed by atoms with Gasteiger partial charge in [0.05, 0.1) is 25.2 Å². The predicted octanol–water partition coefficient (Wildman–Crippen LogP) is 3.53. The molecule has 0 fully saturated rings. The van der Waals surface area contributed by atoms with Gasteiger partial charge in [0.2, 0.25) is 10.0 Å². The van der Waals surface area contributed by atoms with Crippen LogP contribution >= 0.6 is 0 Å². The Balaban J connectivity index is 2.29. The fourth-order valence-electron chi connectivity index (χ4n) is 3.06. The zero-order valence-electron chi connectivity index (χ0n) is 18.5. The van der Waals surface area contributed by atoms with Crippen LogP contribution in [0.5, 0.6) is 11.5 Å². The lowest BCUT2D eigenvalue weighted by atomic mass is 10.0. The molecule has 7 nitrogen and oxygen atoms in total. The Bertz CT molecular complexity index is 1020. The van der Waals surface area contributed by atoms with Crippen molar-refractivity contribution in [2.24, 2.45) is 0 Å². The summed E-state index contributed by atoms with van der Waals surface area (Å²) in [5.74, 6) is 0.828. The minimum absolute atomic E-state index is 0.0845. The van der Waals surface area contributed by atoms with Crippen LogP contribution in [0, 0.1) is 6.92 Å². The molecule has 0 radical (unpaired) electrons. The van der Waals surface area contributed by atoms with E-state index in [-0.39, 0.29) is 28.4 Å². The maximum atomic E-state index is 12.8. The number of ether oxygens (including phenoxy) is 2. The Morgan fingerprint density at radius 3 is 2.20 bits per heavy atom. The highest BCUT2D eigenvalue weighted by Gasteiger charge is 2.24. The summed E-state index contributed by atoms with van der Waals surface area (Å²) in [6.07, 6.45) is 0. The lowest BCUT2D eigenvalue weighted by Crippen LogP contribution is -2.33. The van der Waals surface area contributed by atoms with Crippen LogP contribution in [-0.2, 0) is 10.0 Å². The van der Waals surface area contributed by atoms with Crippen LogP contribution in [0.25, 0.3) is 0 Å². The molecule has 0 heterocycles. The molecule has 0 saturated carbocycles. The minimum Gasteiger partial charge on any atom is -0.493 e. The summed E-state index contributed by atoms with van der Waals surface area (Å²) in [5, 5.41) is 2.93. The Morgan fingerprint density at radius 2 is 1.63 bits per heavy atom. The van der Waals surface area contributed by atoms with Crippen LogP contribution in [0.4, 0.5) is 0 Å². The van der Waals surface area contributed by atoms with Crippen molar-refractivity contribution >= 4 is 15.9 Å². The number of methoxy groups -OCH3 is 2. The van der Waals surface area contributed by atoms with E-state index in [0.29, 0.717) is 11.5 Å². The number of carbonyl (C=O) groups is 1. The van der Waals surface area contributed by atoms with Crippen LogP contribution in [-0.4, -0.2) is 45.9 Å². The summed E-state index contributed by atoms with van der Waals surface area (Å²) in [6, 6.07) is 9.23. The average Bonchev–Trinajstić information content (AvgIpc) is 2.72. The van der Waals surface area contributed by atoms with Gasteiger partial charge in [-0.1, -0.05) is 6.07 Å². The summed E-state index contributed by atoms with van der Waals surface area (Å²) in [4.78, 5) is 12.9. The molecule has 0 aliphatic carbocycles. The Labute approximate surface area is 179 Å². The molecule has 2 rings (SSSR count). The van der Waals surface area contributed by atoms with Gasteiger partial charge in [-0.15, -0.1) is 0 Å². The van der Waals surface area contributed by atoms with E-state index in [1.165, 1.54) is 23.5 Å². The van der Waals surface area contributed by atoms with Gasteiger partial charge in [0.1, 0.15) is 0 Å². The zero-order chi connectivity index (χ0) is 22.6. The number of nitrogens with zero attached hydrogens (tertiary/aromatic N) is 1. The van der Waals surface area contributed by atoms with Gasteiger partial charge in [0, 0.05) is 18.7 Å². The fourth-order valence-corrected chi connectivity index (χ4v) is 4.48. The standard InChI is InChI=1S/C22H30N2O5S/c1-14(2)24(5)30(26,27)18-10-8-9-17(12-18)22(25)23-16(4)19-13-21(29-7)20(28-6)11-15(19)3/h8-14,16H,1-7H3,(H,23,25). The zero-order valence-corrected chi connectivity index (χ0v) is 19.3. The van der Waals surface area contributed by atoms with Crippen molar-refractivity contribution in [2.45, 2.75) is 44.7 Å². The Hall–Kier alpha value is -2.58. The van der Waals surface area contributed by atoms with Gasteiger partial charge < -0.3 is 14.8 Å². The van der Waals surface area contributed by atoms with Crippen molar-refractivity contribution < 1.29 is 22.7 Å². The van der Waals surface area contributed by atoms with Crippen molar-refractivity contribution in [1.29, 1.82) is 0 Å². The molecule has 1 N–H and O–H groups in total. The molecule has 30 heavy (non-hydrogen) atoms. The molecule has 0 aliphatic heterocycles.